The van der Waals surface area contributed by atoms with Crippen LogP contribution in [0.15, 0.2) is 51.8 Å². The smallest absolute Gasteiger partial charge is 0.271 e. The topological polar surface area (TPSA) is 137 Å². The van der Waals surface area contributed by atoms with Crippen molar-refractivity contribution in [3.63, 3.8) is 0 Å². The molecule has 1 amide bonds. The third-order valence-electron chi connectivity index (χ3n) is 4.54. The first-order chi connectivity index (χ1) is 15.0. The highest BCUT2D eigenvalue weighted by molar-refractivity contribution is 7.90. The lowest BCUT2D eigenvalue weighted by molar-refractivity contribution is -0.385. The molecule has 3 aromatic rings. The van der Waals surface area contributed by atoms with Crippen LogP contribution in [-0.4, -0.2) is 46.6 Å². The van der Waals surface area contributed by atoms with E-state index in [1.807, 2.05) is 0 Å². The van der Waals surface area contributed by atoms with Crippen LogP contribution in [0.25, 0.3) is 11.5 Å². The number of amides is 1. The fourth-order valence-electron chi connectivity index (χ4n) is 2.89. The van der Waals surface area contributed by atoms with Crippen molar-refractivity contribution < 1.29 is 22.6 Å². The van der Waals surface area contributed by atoms with E-state index >= 15 is 0 Å². The molecule has 168 valence electrons. The van der Waals surface area contributed by atoms with Crippen molar-refractivity contribution >= 4 is 33.0 Å². The van der Waals surface area contributed by atoms with Gasteiger partial charge in [-0.25, -0.2) is 8.42 Å². The number of carbonyl (C=O) groups is 1. The molecule has 12 heteroatoms. The Morgan fingerprint density at radius 2 is 1.91 bits per heavy atom. The molecule has 0 spiro atoms. The number of sulfone groups is 1. The molecule has 0 aliphatic carbocycles. The summed E-state index contributed by atoms with van der Waals surface area (Å²) in [6.45, 7) is 3.38. The molecule has 0 aliphatic heterocycles. The molecular weight excluding hydrogens is 460 g/mol. The first-order valence-corrected chi connectivity index (χ1v) is 11.6. The molecular formula is C20H19ClN4O6S. The van der Waals surface area contributed by atoms with Crippen molar-refractivity contribution in [3.05, 3.63) is 69.1 Å². The number of non-ortho nitro benzene ring substituents is 1. The van der Waals surface area contributed by atoms with Gasteiger partial charge in [-0.3, -0.25) is 14.9 Å². The number of nitro benzene ring substituents is 1. The van der Waals surface area contributed by atoms with Crippen LogP contribution in [0.3, 0.4) is 0 Å². The summed E-state index contributed by atoms with van der Waals surface area (Å²) in [6.07, 6.45) is 0.912. The van der Waals surface area contributed by atoms with Crippen molar-refractivity contribution in [1.29, 1.82) is 0 Å². The second-order valence-corrected chi connectivity index (χ2v) is 9.68. The molecule has 0 fully saturated rings. The average Bonchev–Trinajstić information content (AvgIpc) is 3.19. The predicted octanol–water partition coefficient (Wildman–Crippen LogP) is 3.75. The molecule has 0 unspecified atom stereocenters. The number of nitro groups is 1. The molecule has 0 atom stereocenters. The van der Waals surface area contributed by atoms with Crippen LogP contribution in [-0.2, 0) is 16.4 Å². The summed E-state index contributed by atoms with van der Waals surface area (Å²) in [6, 6.07) is 9.60. The molecule has 0 bridgehead atoms. The van der Waals surface area contributed by atoms with Crippen molar-refractivity contribution in [2.75, 3.05) is 6.26 Å². The van der Waals surface area contributed by atoms with E-state index < -0.39 is 26.4 Å². The van der Waals surface area contributed by atoms with E-state index in [0.717, 1.165) is 24.5 Å². The Morgan fingerprint density at radius 1 is 1.22 bits per heavy atom. The Kier molecular flexibility index (Phi) is 6.60. The standard InChI is InChI=1S/C20H19ClN4O6S/c1-12(2)24(11-18-22-23-19(31-18)16-6-4-5-7-17(16)21)20(26)13-8-14(25(27)28)10-15(9-13)32(3,29)30/h4-10,12H,11H2,1-3H3. The van der Waals surface area contributed by atoms with Gasteiger partial charge in [-0.05, 0) is 32.0 Å². The molecule has 0 aliphatic rings. The average molecular weight is 479 g/mol. The van der Waals surface area contributed by atoms with Crippen LogP contribution < -0.4 is 0 Å². The molecule has 0 saturated carbocycles. The van der Waals surface area contributed by atoms with Gasteiger partial charge in [-0.15, -0.1) is 10.2 Å². The van der Waals surface area contributed by atoms with Crippen molar-refractivity contribution in [1.82, 2.24) is 15.1 Å². The fraction of sp³-hybridized carbons (Fsp3) is 0.250. The number of rotatable bonds is 7. The Labute approximate surface area is 188 Å². The van der Waals surface area contributed by atoms with E-state index in [0.29, 0.717) is 10.6 Å². The molecule has 2 aromatic carbocycles. The van der Waals surface area contributed by atoms with Gasteiger partial charge in [0, 0.05) is 30.0 Å². The van der Waals surface area contributed by atoms with E-state index in [1.165, 1.54) is 4.90 Å². The van der Waals surface area contributed by atoms with E-state index in [9.17, 15) is 23.3 Å². The van der Waals surface area contributed by atoms with Crippen LogP contribution in [0.5, 0.6) is 0 Å². The summed E-state index contributed by atoms with van der Waals surface area (Å²) < 4.78 is 29.6. The lowest BCUT2D eigenvalue weighted by Gasteiger charge is -2.25. The molecule has 0 radical (unpaired) electrons. The predicted molar refractivity (Wildman–Crippen MR) is 116 cm³/mol. The summed E-state index contributed by atoms with van der Waals surface area (Å²) >= 11 is 6.15. The van der Waals surface area contributed by atoms with Gasteiger partial charge in [-0.1, -0.05) is 23.7 Å². The van der Waals surface area contributed by atoms with Crippen molar-refractivity contribution in [2.24, 2.45) is 0 Å². The highest BCUT2D eigenvalue weighted by Crippen LogP contribution is 2.27. The van der Waals surface area contributed by atoms with E-state index in [2.05, 4.69) is 10.2 Å². The maximum absolute atomic E-state index is 13.2. The number of nitrogens with zero attached hydrogens (tertiary/aromatic N) is 4. The third-order valence-corrected chi connectivity index (χ3v) is 5.96. The number of hydrogen-bond donors (Lipinski definition) is 0. The SMILES string of the molecule is CC(C)N(Cc1nnc(-c2ccccc2Cl)o1)C(=O)c1cc([N+](=O)[O-])cc(S(C)(=O)=O)c1. The van der Waals surface area contributed by atoms with Crippen molar-refractivity contribution in [3.8, 4) is 11.5 Å². The van der Waals surface area contributed by atoms with Crippen LogP contribution in [0.1, 0.15) is 30.1 Å². The zero-order valence-corrected chi connectivity index (χ0v) is 18.9. The minimum Gasteiger partial charge on any atom is -0.419 e. The maximum Gasteiger partial charge on any atom is 0.271 e. The monoisotopic (exact) mass is 478 g/mol. The molecule has 32 heavy (non-hydrogen) atoms. The first kappa shape index (κ1) is 23.4. The summed E-state index contributed by atoms with van der Waals surface area (Å²) in [5.74, 6) is -0.321. The number of aromatic nitrogens is 2. The Morgan fingerprint density at radius 3 is 2.50 bits per heavy atom. The molecule has 0 saturated heterocycles. The van der Waals surface area contributed by atoms with E-state index in [1.54, 1.807) is 38.1 Å². The first-order valence-electron chi connectivity index (χ1n) is 9.35. The van der Waals surface area contributed by atoms with Gasteiger partial charge >= 0.3 is 0 Å². The van der Waals surface area contributed by atoms with Crippen LogP contribution in [0.2, 0.25) is 5.02 Å². The highest BCUT2D eigenvalue weighted by atomic mass is 35.5. The maximum atomic E-state index is 13.2. The molecule has 1 aromatic heterocycles. The summed E-state index contributed by atoms with van der Waals surface area (Å²) in [5, 5.41) is 19.6. The molecule has 3 rings (SSSR count). The second kappa shape index (κ2) is 9.05. The summed E-state index contributed by atoms with van der Waals surface area (Å²) in [5.41, 5.74) is -0.107. The van der Waals surface area contributed by atoms with Crippen LogP contribution >= 0.6 is 11.6 Å². The van der Waals surface area contributed by atoms with Gasteiger partial charge in [0.15, 0.2) is 9.84 Å². The Hall–Kier alpha value is -3.31. The van der Waals surface area contributed by atoms with Gasteiger partial charge in [0.05, 0.1) is 26.9 Å². The zero-order chi connectivity index (χ0) is 23.6. The highest BCUT2D eigenvalue weighted by Gasteiger charge is 2.26. The van der Waals surface area contributed by atoms with Gasteiger partial charge in [-0.2, -0.15) is 0 Å². The molecule has 1 heterocycles. The van der Waals surface area contributed by atoms with Crippen LogP contribution in [0.4, 0.5) is 5.69 Å². The Bertz CT molecular complexity index is 1290. The Balaban J connectivity index is 1.95. The number of hydrogen-bond acceptors (Lipinski definition) is 8. The lowest BCUT2D eigenvalue weighted by Crippen LogP contribution is -2.36. The van der Waals surface area contributed by atoms with E-state index in [-0.39, 0.29) is 34.8 Å². The number of halogens is 1. The van der Waals surface area contributed by atoms with Gasteiger partial charge in [0.25, 0.3) is 11.6 Å². The largest absolute Gasteiger partial charge is 0.419 e. The van der Waals surface area contributed by atoms with Crippen molar-refractivity contribution in [2.45, 2.75) is 31.3 Å². The van der Waals surface area contributed by atoms with Crippen LogP contribution in [0, 0.1) is 10.1 Å². The summed E-state index contributed by atoms with van der Waals surface area (Å²) in [4.78, 5) is 24.7. The van der Waals surface area contributed by atoms with E-state index in [4.69, 9.17) is 16.0 Å². The minimum atomic E-state index is -3.78. The van der Waals surface area contributed by atoms with Gasteiger partial charge < -0.3 is 9.32 Å². The van der Waals surface area contributed by atoms with Gasteiger partial charge in [0.1, 0.15) is 0 Å². The molecule has 0 N–H and O–H groups in total. The second-order valence-electron chi connectivity index (χ2n) is 7.25. The fourth-order valence-corrected chi connectivity index (χ4v) is 3.78. The normalized spacial score (nSPS) is 11.5. The quantitative estimate of drug-likeness (QED) is 0.369. The zero-order valence-electron chi connectivity index (χ0n) is 17.4. The lowest BCUT2D eigenvalue weighted by atomic mass is 10.1. The van der Waals surface area contributed by atoms with Gasteiger partial charge in [0.2, 0.25) is 11.8 Å². The number of benzene rings is 2. The number of carbonyl (C=O) groups excluding carboxylic acids is 1. The molecule has 10 nitrogen and oxygen atoms in total. The minimum absolute atomic E-state index is 0.0924. The summed E-state index contributed by atoms with van der Waals surface area (Å²) in [7, 11) is -3.78. The third kappa shape index (κ3) is 5.11.